The molecular formula is C22H27O5P. The fourth-order valence-corrected chi connectivity index (χ4v) is 5.31. The molecule has 0 amide bonds. The van der Waals surface area contributed by atoms with Crippen molar-refractivity contribution in [2.75, 3.05) is 20.4 Å². The van der Waals surface area contributed by atoms with E-state index in [9.17, 15) is 14.2 Å². The van der Waals surface area contributed by atoms with Crippen molar-refractivity contribution < 1.29 is 23.6 Å². The van der Waals surface area contributed by atoms with Crippen molar-refractivity contribution in [3.63, 3.8) is 0 Å². The van der Waals surface area contributed by atoms with E-state index in [1.165, 1.54) is 14.2 Å². The van der Waals surface area contributed by atoms with Crippen LogP contribution >= 0.6 is 7.14 Å². The SMILES string of the molecule is CCc1cccc(CC)c1C(=O)P(=O)(CC)C(=O)c1c(OC)cccc1OC. The van der Waals surface area contributed by atoms with Gasteiger partial charge in [-0.15, -0.1) is 0 Å². The first kappa shape index (κ1) is 21.9. The quantitative estimate of drug-likeness (QED) is 0.540. The third kappa shape index (κ3) is 3.77. The predicted octanol–water partition coefficient (Wildman–Crippen LogP) is 5.19. The van der Waals surface area contributed by atoms with Crippen LogP contribution in [0.25, 0.3) is 0 Å². The van der Waals surface area contributed by atoms with Crippen LogP contribution in [0.2, 0.25) is 0 Å². The second-order valence-electron chi connectivity index (χ2n) is 6.36. The van der Waals surface area contributed by atoms with Gasteiger partial charge in [0, 0.05) is 11.7 Å². The van der Waals surface area contributed by atoms with Crippen LogP contribution in [0.1, 0.15) is 52.6 Å². The van der Waals surface area contributed by atoms with Gasteiger partial charge < -0.3 is 14.0 Å². The van der Waals surface area contributed by atoms with E-state index in [0.717, 1.165) is 11.1 Å². The Bertz CT molecular complexity index is 817. The maximum absolute atomic E-state index is 13.8. The van der Waals surface area contributed by atoms with E-state index in [1.807, 2.05) is 32.0 Å². The molecule has 0 radical (unpaired) electrons. The Morgan fingerprint density at radius 2 is 1.21 bits per heavy atom. The maximum atomic E-state index is 13.8. The van der Waals surface area contributed by atoms with Crippen molar-refractivity contribution in [3.05, 3.63) is 58.7 Å². The van der Waals surface area contributed by atoms with E-state index >= 15 is 0 Å². The lowest BCUT2D eigenvalue weighted by Gasteiger charge is -2.20. The molecule has 0 aliphatic heterocycles. The summed E-state index contributed by atoms with van der Waals surface area (Å²) in [5.74, 6) is 0.482. The molecule has 0 aliphatic carbocycles. The van der Waals surface area contributed by atoms with E-state index in [4.69, 9.17) is 9.47 Å². The number of hydrogen-bond donors (Lipinski definition) is 0. The van der Waals surface area contributed by atoms with Gasteiger partial charge in [0.05, 0.1) is 14.2 Å². The summed E-state index contributed by atoms with van der Waals surface area (Å²) in [4.78, 5) is 26.9. The third-order valence-corrected chi connectivity index (χ3v) is 7.61. The van der Waals surface area contributed by atoms with Gasteiger partial charge in [0.15, 0.2) is 0 Å². The molecule has 0 fully saturated rings. The predicted molar refractivity (Wildman–Crippen MR) is 112 cm³/mol. The normalized spacial score (nSPS) is 12.9. The zero-order chi connectivity index (χ0) is 20.9. The highest BCUT2D eigenvalue weighted by atomic mass is 31.2. The molecule has 2 aromatic rings. The van der Waals surface area contributed by atoms with E-state index in [0.29, 0.717) is 18.4 Å². The van der Waals surface area contributed by atoms with Crippen LogP contribution in [0.5, 0.6) is 11.5 Å². The van der Waals surface area contributed by atoms with Gasteiger partial charge in [0.25, 0.3) is 0 Å². The van der Waals surface area contributed by atoms with Gasteiger partial charge >= 0.3 is 0 Å². The average molecular weight is 402 g/mol. The van der Waals surface area contributed by atoms with Crippen molar-refractivity contribution in [3.8, 4) is 11.5 Å². The largest absolute Gasteiger partial charge is 0.496 e. The van der Waals surface area contributed by atoms with Gasteiger partial charge in [0.2, 0.25) is 18.2 Å². The number of methoxy groups -OCH3 is 2. The van der Waals surface area contributed by atoms with Crippen LogP contribution < -0.4 is 9.47 Å². The molecule has 2 rings (SSSR count). The fourth-order valence-electron chi connectivity index (χ4n) is 3.32. The average Bonchev–Trinajstić information content (AvgIpc) is 2.75. The van der Waals surface area contributed by atoms with Gasteiger partial charge in [-0.05, 0) is 36.1 Å². The summed E-state index contributed by atoms with van der Waals surface area (Å²) in [6.07, 6.45) is 1.17. The number of benzene rings is 2. The van der Waals surface area contributed by atoms with Gasteiger partial charge in [-0.1, -0.05) is 45.0 Å². The summed E-state index contributed by atoms with van der Waals surface area (Å²) in [5, 5.41) is 0. The molecule has 28 heavy (non-hydrogen) atoms. The maximum Gasteiger partial charge on any atom is 0.236 e. The first-order valence-corrected chi connectivity index (χ1v) is 11.3. The van der Waals surface area contributed by atoms with E-state index < -0.39 is 18.2 Å². The number of hydrogen-bond acceptors (Lipinski definition) is 5. The van der Waals surface area contributed by atoms with E-state index in [-0.39, 0.29) is 23.2 Å². The summed E-state index contributed by atoms with van der Waals surface area (Å²) < 4.78 is 24.4. The Balaban J connectivity index is 2.69. The molecule has 1 unspecified atom stereocenters. The summed E-state index contributed by atoms with van der Waals surface area (Å²) >= 11 is 0. The number of carbonyl (C=O) groups is 2. The van der Waals surface area contributed by atoms with Gasteiger partial charge in [-0.25, -0.2) is 0 Å². The first-order chi connectivity index (χ1) is 13.4. The number of aryl methyl sites for hydroxylation is 2. The smallest absolute Gasteiger partial charge is 0.236 e. The summed E-state index contributed by atoms with van der Waals surface area (Å²) in [6, 6.07) is 10.4. The van der Waals surface area contributed by atoms with Crippen molar-refractivity contribution in [1.82, 2.24) is 0 Å². The summed E-state index contributed by atoms with van der Waals surface area (Å²) in [5.41, 5.74) is 0.776. The molecule has 0 saturated carbocycles. The highest BCUT2D eigenvalue weighted by Crippen LogP contribution is 2.54. The van der Waals surface area contributed by atoms with Crippen LogP contribution in [0.15, 0.2) is 36.4 Å². The molecular weight excluding hydrogens is 375 g/mol. The molecule has 1 atom stereocenters. The van der Waals surface area contributed by atoms with Gasteiger partial charge in [-0.2, -0.15) is 0 Å². The molecule has 0 aromatic heterocycles. The van der Waals surface area contributed by atoms with Crippen LogP contribution in [0, 0.1) is 0 Å². The molecule has 5 nitrogen and oxygen atoms in total. The van der Waals surface area contributed by atoms with Crippen LogP contribution in [0.3, 0.4) is 0 Å². The molecule has 0 aliphatic rings. The standard InChI is InChI=1S/C22H27O5P/c1-6-15-11-9-12-16(7-2)19(15)21(23)28(25,8-3)22(24)20-17(26-4)13-10-14-18(20)27-5/h9-14H,6-8H2,1-5H3. The number of ether oxygens (including phenoxy) is 2. The van der Waals surface area contributed by atoms with Crippen LogP contribution in [0.4, 0.5) is 0 Å². The minimum Gasteiger partial charge on any atom is -0.496 e. The molecule has 6 heteroatoms. The molecule has 2 aromatic carbocycles. The van der Waals surface area contributed by atoms with Crippen molar-refractivity contribution in [1.29, 1.82) is 0 Å². The zero-order valence-corrected chi connectivity index (χ0v) is 18.0. The second-order valence-corrected chi connectivity index (χ2v) is 9.29. The summed E-state index contributed by atoms with van der Waals surface area (Å²) in [6.45, 7) is 5.49. The minimum absolute atomic E-state index is 0.0538. The Morgan fingerprint density at radius 1 is 0.786 bits per heavy atom. The Hall–Kier alpha value is -2.39. The topological polar surface area (TPSA) is 69.7 Å². The third-order valence-electron chi connectivity index (χ3n) is 4.96. The number of rotatable bonds is 9. The molecule has 0 heterocycles. The Kier molecular flexibility index (Phi) is 7.20. The van der Waals surface area contributed by atoms with Crippen LogP contribution in [-0.4, -0.2) is 31.4 Å². The molecule has 0 bridgehead atoms. The monoisotopic (exact) mass is 402 g/mol. The minimum atomic E-state index is -3.92. The second kappa shape index (κ2) is 9.20. The van der Waals surface area contributed by atoms with E-state index in [1.54, 1.807) is 25.1 Å². The lowest BCUT2D eigenvalue weighted by Crippen LogP contribution is -2.17. The van der Waals surface area contributed by atoms with Gasteiger partial charge in [-0.3, -0.25) is 9.59 Å². The molecule has 0 spiro atoms. The van der Waals surface area contributed by atoms with Crippen molar-refractivity contribution in [2.45, 2.75) is 33.6 Å². The fraction of sp³-hybridized carbons (Fsp3) is 0.364. The molecule has 150 valence electrons. The van der Waals surface area contributed by atoms with Crippen molar-refractivity contribution in [2.24, 2.45) is 0 Å². The Morgan fingerprint density at radius 3 is 1.61 bits per heavy atom. The Labute approximate surface area is 166 Å². The lowest BCUT2D eigenvalue weighted by molar-refractivity contribution is 0.103. The molecule has 0 saturated heterocycles. The van der Waals surface area contributed by atoms with Crippen molar-refractivity contribution >= 4 is 18.2 Å². The highest BCUT2D eigenvalue weighted by molar-refractivity contribution is 7.95. The van der Waals surface area contributed by atoms with E-state index in [2.05, 4.69) is 0 Å². The molecule has 0 N–H and O–H groups in total. The number of carbonyl (C=O) groups excluding carboxylic acids is 2. The lowest BCUT2D eigenvalue weighted by atomic mass is 9.98. The van der Waals surface area contributed by atoms with Crippen LogP contribution in [-0.2, 0) is 17.4 Å². The van der Waals surface area contributed by atoms with Gasteiger partial charge in [0.1, 0.15) is 17.1 Å². The zero-order valence-electron chi connectivity index (χ0n) is 17.1. The first-order valence-electron chi connectivity index (χ1n) is 9.40. The summed E-state index contributed by atoms with van der Waals surface area (Å²) in [7, 11) is -1.08. The highest BCUT2D eigenvalue weighted by Gasteiger charge is 2.43.